The molecule has 21 heavy (non-hydrogen) atoms. The van der Waals surface area contributed by atoms with Gasteiger partial charge in [-0.1, -0.05) is 35.9 Å². The Hall–Kier alpha value is -2.46. The number of halogens is 1. The molecule has 3 aromatic rings. The summed E-state index contributed by atoms with van der Waals surface area (Å²) in [7, 11) is 0. The molecule has 4 nitrogen and oxygen atoms in total. The molecule has 0 aliphatic rings. The summed E-state index contributed by atoms with van der Waals surface area (Å²) in [5.41, 5.74) is 3.09. The molecular weight excluding hydrogens is 284 g/mol. The van der Waals surface area contributed by atoms with E-state index < -0.39 is 0 Å². The van der Waals surface area contributed by atoms with Gasteiger partial charge in [-0.25, -0.2) is 9.67 Å². The molecule has 5 heteroatoms. The molecule has 0 unspecified atom stereocenters. The third-order valence-electron chi connectivity index (χ3n) is 2.98. The van der Waals surface area contributed by atoms with Crippen LogP contribution in [0.25, 0.3) is 0 Å². The van der Waals surface area contributed by atoms with E-state index in [0.717, 1.165) is 21.8 Å². The molecule has 0 atom stereocenters. The number of nitrogens with zero attached hydrogens (tertiary/aromatic N) is 4. The topological polar surface area (TPSA) is 43.1 Å². The molecular formula is C16H13ClN4. The van der Waals surface area contributed by atoms with Gasteiger partial charge in [0.05, 0.1) is 12.2 Å². The molecule has 1 aromatic heterocycles. The van der Waals surface area contributed by atoms with E-state index in [-0.39, 0.29) is 0 Å². The molecule has 0 fully saturated rings. The van der Waals surface area contributed by atoms with E-state index in [1.807, 2.05) is 54.7 Å². The Bertz CT molecular complexity index is 716. The standard InChI is InChI=1S/C16H13ClN4/c17-15-5-1-13(2-6-15)9-19-16-7-3-14(4-8-16)10-21-12-18-11-20-21/h1-9,11-12H,10H2. The lowest BCUT2D eigenvalue weighted by atomic mass is 10.2. The van der Waals surface area contributed by atoms with E-state index in [9.17, 15) is 0 Å². The minimum Gasteiger partial charge on any atom is -0.256 e. The van der Waals surface area contributed by atoms with Crippen LogP contribution in [0, 0.1) is 0 Å². The molecule has 0 amide bonds. The SMILES string of the molecule is Clc1ccc(C=Nc2ccc(Cn3cncn3)cc2)cc1. The van der Waals surface area contributed by atoms with Gasteiger partial charge in [0.1, 0.15) is 12.7 Å². The number of hydrogen-bond donors (Lipinski definition) is 0. The Balaban J connectivity index is 1.68. The number of aliphatic imine (C=N–C) groups is 1. The highest BCUT2D eigenvalue weighted by Crippen LogP contribution is 2.14. The minimum absolute atomic E-state index is 0.710. The quantitative estimate of drug-likeness (QED) is 0.689. The van der Waals surface area contributed by atoms with E-state index in [2.05, 4.69) is 15.1 Å². The zero-order chi connectivity index (χ0) is 14.5. The predicted molar refractivity (Wildman–Crippen MR) is 84.3 cm³/mol. The van der Waals surface area contributed by atoms with Crippen molar-refractivity contribution in [2.75, 3.05) is 0 Å². The van der Waals surface area contributed by atoms with Crippen LogP contribution in [-0.4, -0.2) is 21.0 Å². The average molecular weight is 297 g/mol. The summed E-state index contributed by atoms with van der Waals surface area (Å²) in [4.78, 5) is 8.37. The van der Waals surface area contributed by atoms with Crippen molar-refractivity contribution < 1.29 is 0 Å². The molecule has 0 N–H and O–H groups in total. The van der Waals surface area contributed by atoms with Crippen molar-refractivity contribution in [2.24, 2.45) is 4.99 Å². The van der Waals surface area contributed by atoms with Gasteiger partial charge in [-0.2, -0.15) is 5.10 Å². The maximum Gasteiger partial charge on any atom is 0.137 e. The zero-order valence-corrected chi connectivity index (χ0v) is 12.0. The summed E-state index contributed by atoms with van der Waals surface area (Å²) < 4.78 is 1.78. The smallest absolute Gasteiger partial charge is 0.137 e. The average Bonchev–Trinajstić information content (AvgIpc) is 3.01. The summed E-state index contributed by atoms with van der Waals surface area (Å²) in [5.74, 6) is 0. The Morgan fingerprint density at radius 3 is 2.48 bits per heavy atom. The van der Waals surface area contributed by atoms with E-state index in [1.165, 1.54) is 6.33 Å². The normalized spacial score (nSPS) is 11.1. The lowest BCUT2D eigenvalue weighted by molar-refractivity contribution is 0.685. The number of benzene rings is 2. The fourth-order valence-corrected chi connectivity index (χ4v) is 2.01. The molecule has 104 valence electrons. The first-order valence-corrected chi connectivity index (χ1v) is 6.88. The maximum atomic E-state index is 5.85. The van der Waals surface area contributed by atoms with Gasteiger partial charge in [-0.15, -0.1) is 0 Å². The van der Waals surface area contributed by atoms with Crippen LogP contribution in [-0.2, 0) is 6.54 Å². The largest absolute Gasteiger partial charge is 0.256 e. The highest BCUT2D eigenvalue weighted by atomic mass is 35.5. The molecule has 0 aliphatic carbocycles. The molecule has 0 radical (unpaired) electrons. The second kappa shape index (κ2) is 6.33. The summed E-state index contributed by atoms with van der Waals surface area (Å²) in [6.07, 6.45) is 5.06. The molecule has 3 rings (SSSR count). The van der Waals surface area contributed by atoms with Crippen molar-refractivity contribution in [3.05, 3.63) is 77.3 Å². The Morgan fingerprint density at radius 2 is 1.81 bits per heavy atom. The maximum absolute atomic E-state index is 5.85. The second-order valence-electron chi connectivity index (χ2n) is 4.57. The highest BCUT2D eigenvalue weighted by Gasteiger charge is 1.96. The number of hydrogen-bond acceptors (Lipinski definition) is 3. The minimum atomic E-state index is 0.710. The summed E-state index contributed by atoms with van der Waals surface area (Å²) in [5, 5.41) is 4.81. The molecule has 1 heterocycles. The van der Waals surface area contributed by atoms with Crippen LogP contribution in [0.1, 0.15) is 11.1 Å². The van der Waals surface area contributed by atoms with E-state index >= 15 is 0 Å². The van der Waals surface area contributed by atoms with Crippen molar-refractivity contribution in [1.29, 1.82) is 0 Å². The summed E-state index contributed by atoms with van der Waals surface area (Å²) in [6, 6.07) is 15.6. The van der Waals surface area contributed by atoms with Crippen LogP contribution in [0.2, 0.25) is 5.02 Å². The van der Waals surface area contributed by atoms with Crippen LogP contribution in [0.15, 0.2) is 66.2 Å². The Kier molecular flexibility index (Phi) is 4.07. The van der Waals surface area contributed by atoms with Gasteiger partial charge in [-0.05, 0) is 35.4 Å². The van der Waals surface area contributed by atoms with Crippen molar-refractivity contribution >= 4 is 23.5 Å². The van der Waals surface area contributed by atoms with Crippen molar-refractivity contribution in [3.8, 4) is 0 Å². The van der Waals surface area contributed by atoms with Gasteiger partial charge in [0.2, 0.25) is 0 Å². The van der Waals surface area contributed by atoms with Crippen molar-refractivity contribution in [1.82, 2.24) is 14.8 Å². The van der Waals surface area contributed by atoms with Crippen molar-refractivity contribution in [2.45, 2.75) is 6.54 Å². The van der Waals surface area contributed by atoms with Crippen LogP contribution in [0.4, 0.5) is 5.69 Å². The van der Waals surface area contributed by atoms with Gasteiger partial charge in [0.25, 0.3) is 0 Å². The van der Waals surface area contributed by atoms with Gasteiger partial charge in [0, 0.05) is 11.2 Å². The van der Waals surface area contributed by atoms with E-state index in [1.54, 1.807) is 11.0 Å². The first-order chi connectivity index (χ1) is 10.3. The third-order valence-corrected chi connectivity index (χ3v) is 3.23. The first-order valence-electron chi connectivity index (χ1n) is 6.50. The second-order valence-corrected chi connectivity index (χ2v) is 5.01. The van der Waals surface area contributed by atoms with Gasteiger partial charge >= 0.3 is 0 Å². The van der Waals surface area contributed by atoms with Crippen molar-refractivity contribution in [3.63, 3.8) is 0 Å². The first kappa shape index (κ1) is 13.5. The fourth-order valence-electron chi connectivity index (χ4n) is 1.89. The Morgan fingerprint density at radius 1 is 1.05 bits per heavy atom. The Labute approximate surface area is 127 Å². The molecule has 0 saturated heterocycles. The van der Waals surface area contributed by atoms with Crippen LogP contribution < -0.4 is 0 Å². The predicted octanol–water partition coefficient (Wildman–Crippen LogP) is 3.73. The van der Waals surface area contributed by atoms with Gasteiger partial charge < -0.3 is 0 Å². The van der Waals surface area contributed by atoms with Crippen LogP contribution in [0.3, 0.4) is 0 Å². The molecule has 0 aliphatic heterocycles. The lowest BCUT2D eigenvalue weighted by Gasteiger charge is -2.01. The summed E-state index contributed by atoms with van der Waals surface area (Å²) in [6.45, 7) is 0.710. The fraction of sp³-hybridized carbons (Fsp3) is 0.0625. The molecule has 0 bridgehead atoms. The zero-order valence-electron chi connectivity index (χ0n) is 11.2. The molecule has 0 spiro atoms. The van der Waals surface area contributed by atoms with E-state index in [0.29, 0.717) is 6.54 Å². The van der Waals surface area contributed by atoms with Crippen LogP contribution in [0.5, 0.6) is 0 Å². The van der Waals surface area contributed by atoms with Gasteiger partial charge in [-0.3, -0.25) is 4.99 Å². The third kappa shape index (κ3) is 3.77. The molecule has 0 saturated carbocycles. The number of rotatable bonds is 4. The van der Waals surface area contributed by atoms with Gasteiger partial charge in [0.15, 0.2) is 0 Å². The number of aromatic nitrogens is 3. The van der Waals surface area contributed by atoms with Crippen LogP contribution >= 0.6 is 11.6 Å². The highest BCUT2D eigenvalue weighted by molar-refractivity contribution is 6.30. The lowest BCUT2D eigenvalue weighted by Crippen LogP contribution is -1.99. The monoisotopic (exact) mass is 296 g/mol. The molecule has 2 aromatic carbocycles. The van der Waals surface area contributed by atoms with E-state index in [4.69, 9.17) is 11.6 Å². The summed E-state index contributed by atoms with van der Waals surface area (Å²) >= 11 is 5.85.